The zero-order valence-electron chi connectivity index (χ0n) is 13.0. The Labute approximate surface area is 126 Å². The van der Waals surface area contributed by atoms with Crippen molar-refractivity contribution in [3.63, 3.8) is 0 Å². The molecule has 0 bridgehead atoms. The molecule has 1 unspecified atom stereocenters. The molecule has 2 rings (SSSR count). The lowest BCUT2D eigenvalue weighted by Crippen LogP contribution is -2.09. The summed E-state index contributed by atoms with van der Waals surface area (Å²) in [6.07, 6.45) is 1.90. The van der Waals surface area contributed by atoms with E-state index in [1.54, 1.807) is 13.3 Å². The minimum atomic E-state index is 0.149. The largest absolute Gasteiger partial charge is 0.491 e. The lowest BCUT2D eigenvalue weighted by Gasteiger charge is -2.18. The van der Waals surface area contributed by atoms with Gasteiger partial charge in [0.1, 0.15) is 5.75 Å². The van der Waals surface area contributed by atoms with Crippen molar-refractivity contribution in [3.05, 3.63) is 48.2 Å². The Balaban J connectivity index is 2.07. The maximum absolute atomic E-state index is 5.65. The van der Waals surface area contributed by atoms with Crippen LogP contribution in [0.3, 0.4) is 0 Å². The second-order valence-corrected chi connectivity index (χ2v) is 5.16. The van der Waals surface area contributed by atoms with Crippen LogP contribution in [0.4, 0.5) is 5.69 Å². The summed E-state index contributed by atoms with van der Waals surface area (Å²) in [6, 6.07) is 12.1. The third kappa shape index (κ3) is 4.12. The van der Waals surface area contributed by atoms with E-state index in [9.17, 15) is 0 Å². The number of anilines is 1. The van der Waals surface area contributed by atoms with Gasteiger partial charge >= 0.3 is 0 Å². The Morgan fingerprint density at radius 2 is 1.76 bits per heavy atom. The van der Waals surface area contributed by atoms with Crippen LogP contribution >= 0.6 is 0 Å². The fourth-order valence-electron chi connectivity index (χ4n) is 2.09. The van der Waals surface area contributed by atoms with Crippen LogP contribution in [-0.4, -0.2) is 18.2 Å². The molecular weight excluding hydrogens is 264 g/mol. The van der Waals surface area contributed by atoms with E-state index < -0.39 is 0 Å². The zero-order chi connectivity index (χ0) is 15.2. The first-order valence-corrected chi connectivity index (χ1v) is 7.12. The van der Waals surface area contributed by atoms with Gasteiger partial charge in [-0.3, -0.25) is 0 Å². The second-order valence-electron chi connectivity index (χ2n) is 5.16. The van der Waals surface area contributed by atoms with Crippen LogP contribution in [0, 0.1) is 0 Å². The SMILES string of the molecule is COc1ncccc1NC(C)c1ccc(OC(C)C)cc1. The molecule has 2 aromatic rings. The molecule has 0 fully saturated rings. The van der Waals surface area contributed by atoms with Crippen LogP contribution in [0.2, 0.25) is 0 Å². The van der Waals surface area contributed by atoms with E-state index in [-0.39, 0.29) is 12.1 Å². The van der Waals surface area contributed by atoms with Crippen molar-refractivity contribution in [2.45, 2.75) is 32.9 Å². The molecule has 0 radical (unpaired) electrons. The van der Waals surface area contributed by atoms with E-state index in [0.29, 0.717) is 5.88 Å². The predicted molar refractivity (Wildman–Crippen MR) is 85.0 cm³/mol. The minimum absolute atomic E-state index is 0.149. The number of rotatable bonds is 6. The van der Waals surface area contributed by atoms with E-state index in [1.807, 2.05) is 38.1 Å². The number of nitrogens with zero attached hydrogens (tertiary/aromatic N) is 1. The third-order valence-electron chi connectivity index (χ3n) is 3.09. The summed E-state index contributed by atoms with van der Waals surface area (Å²) >= 11 is 0. The molecule has 0 aliphatic carbocycles. The molecule has 1 atom stereocenters. The lowest BCUT2D eigenvalue weighted by molar-refractivity contribution is 0.242. The molecule has 0 aliphatic heterocycles. The van der Waals surface area contributed by atoms with Gasteiger partial charge in [-0.25, -0.2) is 4.98 Å². The van der Waals surface area contributed by atoms with Crippen LogP contribution in [0.5, 0.6) is 11.6 Å². The summed E-state index contributed by atoms with van der Waals surface area (Å²) in [5, 5.41) is 3.41. The van der Waals surface area contributed by atoms with E-state index in [2.05, 4.69) is 29.4 Å². The van der Waals surface area contributed by atoms with Gasteiger partial charge in [-0.1, -0.05) is 12.1 Å². The smallest absolute Gasteiger partial charge is 0.237 e. The maximum Gasteiger partial charge on any atom is 0.237 e. The Hall–Kier alpha value is -2.23. The fraction of sp³-hybridized carbons (Fsp3) is 0.353. The average Bonchev–Trinajstić information content (AvgIpc) is 2.48. The number of ether oxygens (including phenoxy) is 2. The van der Waals surface area contributed by atoms with Gasteiger partial charge in [-0.05, 0) is 50.6 Å². The number of aromatic nitrogens is 1. The molecule has 112 valence electrons. The second kappa shape index (κ2) is 6.97. The molecule has 1 N–H and O–H groups in total. The number of hydrogen-bond acceptors (Lipinski definition) is 4. The normalized spacial score (nSPS) is 12.0. The van der Waals surface area contributed by atoms with Crippen molar-refractivity contribution >= 4 is 5.69 Å². The Morgan fingerprint density at radius 3 is 2.38 bits per heavy atom. The maximum atomic E-state index is 5.65. The van der Waals surface area contributed by atoms with Gasteiger partial charge in [-0.15, -0.1) is 0 Å². The molecule has 0 saturated carbocycles. The quantitative estimate of drug-likeness (QED) is 0.870. The fourth-order valence-corrected chi connectivity index (χ4v) is 2.09. The van der Waals surface area contributed by atoms with Gasteiger partial charge in [0.2, 0.25) is 5.88 Å². The molecule has 0 aliphatic rings. The van der Waals surface area contributed by atoms with Gasteiger partial charge in [0.25, 0.3) is 0 Å². The van der Waals surface area contributed by atoms with Crippen LogP contribution in [0.25, 0.3) is 0 Å². The number of hydrogen-bond donors (Lipinski definition) is 1. The van der Waals surface area contributed by atoms with Crippen molar-refractivity contribution in [1.82, 2.24) is 4.98 Å². The molecule has 1 heterocycles. The van der Waals surface area contributed by atoms with Gasteiger partial charge in [0.15, 0.2) is 0 Å². The summed E-state index contributed by atoms with van der Waals surface area (Å²) < 4.78 is 10.9. The molecule has 4 nitrogen and oxygen atoms in total. The summed E-state index contributed by atoms with van der Waals surface area (Å²) in [4.78, 5) is 4.19. The van der Waals surface area contributed by atoms with E-state index in [0.717, 1.165) is 11.4 Å². The third-order valence-corrected chi connectivity index (χ3v) is 3.09. The standard InChI is InChI=1S/C17H22N2O2/c1-12(2)21-15-9-7-14(8-10-15)13(3)19-16-6-5-11-18-17(16)20-4/h5-13,19H,1-4H3. The van der Waals surface area contributed by atoms with Crippen molar-refractivity contribution in [3.8, 4) is 11.6 Å². The highest BCUT2D eigenvalue weighted by Gasteiger charge is 2.09. The highest BCUT2D eigenvalue weighted by atomic mass is 16.5. The van der Waals surface area contributed by atoms with Crippen molar-refractivity contribution in [2.24, 2.45) is 0 Å². The van der Waals surface area contributed by atoms with Gasteiger partial charge in [0.05, 0.1) is 18.9 Å². The first-order valence-electron chi connectivity index (χ1n) is 7.12. The van der Waals surface area contributed by atoms with Crippen molar-refractivity contribution in [1.29, 1.82) is 0 Å². The Bertz CT molecular complexity index is 567. The Kier molecular flexibility index (Phi) is 5.04. The topological polar surface area (TPSA) is 43.4 Å². The minimum Gasteiger partial charge on any atom is -0.491 e. The Morgan fingerprint density at radius 1 is 1.05 bits per heavy atom. The molecule has 4 heteroatoms. The molecular formula is C17H22N2O2. The van der Waals surface area contributed by atoms with E-state index in [4.69, 9.17) is 9.47 Å². The van der Waals surface area contributed by atoms with Gasteiger partial charge in [-0.2, -0.15) is 0 Å². The van der Waals surface area contributed by atoms with Crippen molar-refractivity contribution in [2.75, 3.05) is 12.4 Å². The predicted octanol–water partition coefficient (Wildman–Crippen LogP) is 4.05. The summed E-state index contributed by atoms with van der Waals surface area (Å²) in [5.74, 6) is 1.49. The molecule has 1 aromatic carbocycles. The number of benzene rings is 1. The van der Waals surface area contributed by atoms with Crippen LogP contribution in [0.15, 0.2) is 42.6 Å². The van der Waals surface area contributed by atoms with Crippen LogP contribution < -0.4 is 14.8 Å². The van der Waals surface area contributed by atoms with Crippen LogP contribution in [-0.2, 0) is 0 Å². The first-order chi connectivity index (χ1) is 10.1. The van der Waals surface area contributed by atoms with Crippen molar-refractivity contribution < 1.29 is 9.47 Å². The number of pyridine rings is 1. The molecule has 21 heavy (non-hydrogen) atoms. The van der Waals surface area contributed by atoms with Gasteiger partial charge in [0, 0.05) is 12.2 Å². The summed E-state index contributed by atoms with van der Waals surface area (Å²) in [6.45, 7) is 6.14. The van der Waals surface area contributed by atoms with Gasteiger partial charge < -0.3 is 14.8 Å². The number of nitrogens with one attached hydrogen (secondary N) is 1. The molecule has 0 saturated heterocycles. The summed E-state index contributed by atoms with van der Waals surface area (Å²) in [5.41, 5.74) is 2.06. The number of methoxy groups -OCH3 is 1. The highest BCUT2D eigenvalue weighted by Crippen LogP contribution is 2.26. The molecule has 0 spiro atoms. The van der Waals surface area contributed by atoms with Crippen LogP contribution in [0.1, 0.15) is 32.4 Å². The zero-order valence-corrected chi connectivity index (χ0v) is 13.0. The van der Waals surface area contributed by atoms with E-state index >= 15 is 0 Å². The average molecular weight is 286 g/mol. The lowest BCUT2D eigenvalue weighted by atomic mass is 10.1. The molecule has 0 amide bonds. The van der Waals surface area contributed by atoms with E-state index in [1.165, 1.54) is 5.56 Å². The summed E-state index contributed by atoms with van der Waals surface area (Å²) in [7, 11) is 1.62. The highest BCUT2D eigenvalue weighted by molar-refractivity contribution is 5.53. The molecule has 1 aromatic heterocycles. The first kappa shape index (κ1) is 15.2. The monoisotopic (exact) mass is 286 g/mol.